The highest BCUT2D eigenvalue weighted by atomic mass is 35.5. The van der Waals surface area contributed by atoms with Crippen LogP contribution in [0.2, 0.25) is 15.1 Å². The first-order valence-electron chi connectivity index (χ1n) is 6.53. The molecule has 0 aliphatic carbocycles. The van der Waals surface area contributed by atoms with E-state index in [1.165, 1.54) is 0 Å². The van der Waals surface area contributed by atoms with Gasteiger partial charge in [0.15, 0.2) is 0 Å². The van der Waals surface area contributed by atoms with Crippen LogP contribution < -0.4 is 0 Å². The van der Waals surface area contributed by atoms with Crippen LogP contribution in [0.1, 0.15) is 29.4 Å². The highest BCUT2D eigenvalue weighted by molar-refractivity contribution is 6.42. The molecule has 0 saturated carbocycles. The summed E-state index contributed by atoms with van der Waals surface area (Å²) < 4.78 is 0. The predicted molar refractivity (Wildman–Crippen MR) is 89.2 cm³/mol. The third kappa shape index (κ3) is 3.73. The maximum atomic E-state index is 9.59. The van der Waals surface area contributed by atoms with Crippen LogP contribution in [0.25, 0.3) is 0 Å². The topological polar surface area (TPSA) is 47.6 Å². The predicted octanol–water partition coefficient (Wildman–Crippen LogP) is 5.95. The Bertz CT molecular complexity index is 742. The Hall–Kier alpha value is -1.71. The van der Waals surface area contributed by atoms with Gasteiger partial charge in [0.25, 0.3) is 0 Å². The Kier molecular flexibility index (Phi) is 5.69. The van der Waals surface area contributed by atoms with Crippen molar-refractivity contribution in [3.63, 3.8) is 0 Å². The number of benzene rings is 2. The molecule has 0 bridgehead atoms. The van der Waals surface area contributed by atoms with Crippen molar-refractivity contribution in [3.8, 4) is 12.1 Å². The molecule has 0 spiro atoms. The molecule has 0 saturated heterocycles. The van der Waals surface area contributed by atoms with E-state index in [1.54, 1.807) is 30.3 Å². The molecular weight excluding hydrogens is 339 g/mol. The molecule has 2 rings (SSSR count). The van der Waals surface area contributed by atoms with E-state index < -0.39 is 5.92 Å². The quantitative estimate of drug-likeness (QED) is 0.684. The second-order valence-corrected chi connectivity index (χ2v) is 6.05. The minimum atomic E-state index is -0.490. The van der Waals surface area contributed by atoms with Crippen molar-refractivity contribution in [2.45, 2.75) is 18.3 Å². The molecule has 0 unspecified atom stereocenters. The zero-order valence-electron chi connectivity index (χ0n) is 11.4. The monoisotopic (exact) mass is 348 g/mol. The van der Waals surface area contributed by atoms with Crippen LogP contribution in [0.5, 0.6) is 0 Å². The molecule has 0 heterocycles. The van der Waals surface area contributed by atoms with Gasteiger partial charge in [0.05, 0.1) is 28.1 Å². The Morgan fingerprint density at radius 2 is 1.50 bits per heavy atom. The maximum Gasteiger partial charge on any atom is 0.0791 e. The molecule has 0 fully saturated rings. The summed E-state index contributed by atoms with van der Waals surface area (Å²) in [6, 6.07) is 16.7. The number of hydrogen-bond acceptors (Lipinski definition) is 2. The fourth-order valence-electron chi connectivity index (χ4n) is 2.34. The standard InChI is InChI=1S/C17H11Cl3N2/c18-13-4-1-11(2-5-13)14(7-8-21)15(10-22)12-3-6-16(19)17(20)9-12/h1-6,9,14-15H,7H2/t14-,15+/m1/s1. The van der Waals surface area contributed by atoms with Crippen LogP contribution in [0.15, 0.2) is 42.5 Å². The average Bonchev–Trinajstić information content (AvgIpc) is 2.51. The maximum absolute atomic E-state index is 9.59. The number of hydrogen-bond donors (Lipinski definition) is 0. The SMILES string of the molecule is N#CC[C@H](c1ccc(Cl)cc1)[C@@H](C#N)c1ccc(Cl)c(Cl)c1. The molecule has 2 atom stereocenters. The van der Waals surface area contributed by atoms with E-state index in [0.29, 0.717) is 15.1 Å². The van der Waals surface area contributed by atoms with E-state index in [0.717, 1.165) is 11.1 Å². The summed E-state index contributed by atoms with van der Waals surface area (Å²) in [5.74, 6) is -0.750. The summed E-state index contributed by atoms with van der Waals surface area (Å²) in [6.07, 6.45) is 0.222. The van der Waals surface area contributed by atoms with Gasteiger partial charge < -0.3 is 0 Å². The smallest absolute Gasteiger partial charge is 0.0791 e. The largest absolute Gasteiger partial charge is 0.198 e. The first-order valence-corrected chi connectivity index (χ1v) is 7.67. The van der Waals surface area contributed by atoms with Crippen molar-refractivity contribution in [1.82, 2.24) is 0 Å². The molecule has 5 heteroatoms. The van der Waals surface area contributed by atoms with E-state index in [9.17, 15) is 5.26 Å². The minimum absolute atomic E-state index is 0.222. The Labute approximate surface area is 144 Å². The summed E-state index contributed by atoms with van der Waals surface area (Å²) in [7, 11) is 0. The molecule has 0 radical (unpaired) electrons. The third-order valence-corrected chi connectivity index (χ3v) is 4.44. The first kappa shape index (κ1) is 16.7. The fourth-order valence-corrected chi connectivity index (χ4v) is 2.77. The molecule has 2 aromatic carbocycles. The summed E-state index contributed by atoms with van der Waals surface area (Å²) in [4.78, 5) is 0. The molecule has 2 aromatic rings. The van der Waals surface area contributed by atoms with Gasteiger partial charge >= 0.3 is 0 Å². The number of nitrogens with zero attached hydrogens (tertiary/aromatic N) is 2. The van der Waals surface area contributed by atoms with Gasteiger partial charge in [0.2, 0.25) is 0 Å². The van der Waals surface area contributed by atoms with Gasteiger partial charge in [-0.05, 0) is 35.4 Å². The minimum Gasteiger partial charge on any atom is -0.198 e. The van der Waals surface area contributed by atoms with Crippen molar-refractivity contribution in [2.24, 2.45) is 0 Å². The summed E-state index contributed by atoms with van der Waals surface area (Å²) in [5, 5.41) is 20.1. The molecule has 0 amide bonds. The van der Waals surface area contributed by atoms with Crippen LogP contribution in [0, 0.1) is 22.7 Å². The molecule has 0 aliphatic heterocycles. The summed E-state index contributed by atoms with van der Waals surface area (Å²) >= 11 is 17.9. The second-order valence-electron chi connectivity index (χ2n) is 4.80. The lowest BCUT2D eigenvalue weighted by Gasteiger charge is -2.21. The fraction of sp³-hybridized carbons (Fsp3) is 0.176. The van der Waals surface area contributed by atoms with Crippen LogP contribution in [-0.2, 0) is 0 Å². The summed E-state index contributed by atoms with van der Waals surface area (Å²) in [6.45, 7) is 0. The highest BCUT2D eigenvalue weighted by Gasteiger charge is 2.25. The molecule has 22 heavy (non-hydrogen) atoms. The average molecular weight is 350 g/mol. The lowest BCUT2D eigenvalue weighted by atomic mass is 9.80. The zero-order chi connectivity index (χ0) is 16.1. The van der Waals surface area contributed by atoms with Gasteiger partial charge in [-0.1, -0.05) is 53.0 Å². The molecule has 2 nitrogen and oxygen atoms in total. The molecule has 0 aromatic heterocycles. The number of nitriles is 2. The lowest BCUT2D eigenvalue weighted by Crippen LogP contribution is -2.10. The van der Waals surface area contributed by atoms with Gasteiger partial charge in [-0.25, -0.2) is 0 Å². The molecule has 110 valence electrons. The zero-order valence-corrected chi connectivity index (χ0v) is 13.7. The lowest BCUT2D eigenvalue weighted by molar-refractivity contribution is 0.641. The molecular formula is C17H11Cl3N2. The van der Waals surface area contributed by atoms with Gasteiger partial charge in [-0.3, -0.25) is 0 Å². The Balaban J connectivity index is 2.44. The third-order valence-electron chi connectivity index (χ3n) is 3.45. The normalized spacial score (nSPS) is 13.0. The molecule has 0 N–H and O–H groups in total. The van der Waals surface area contributed by atoms with Crippen molar-refractivity contribution < 1.29 is 0 Å². The van der Waals surface area contributed by atoms with Gasteiger partial charge in [-0.15, -0.1) is 0 Å². The van der Waals surface area contributed by atoms with Gasteiger partial charge in [-0.2, -0.15) is 10.5 Å². The van der Waals surface area contributed by atoms with E-state index >= 15 is 0 Å². The van der Waals surface area contributed by atoms with Crippen molar-refractivity contribution in [3.05, 3.63) is 68.7 Å². The van der Waals surface area contributed by atoms with Gasteiger partial charge in [0.1, 0.15) is 0 Å². The highest BCUT2D eigenvalue weighted by Crippen LogP contribution is 2.37. The van der Waals surface area contributed by atoms with E-state index in [4.69, 9.17) is 40.1 Å². The van der Waals surface area contributed by atoms with Crippen LogP contribution in [0.3, 0.4) is 0 Å². The van der Waals surface area contributed by atoms with E-state index in [-0.39, 0.29) is 12.3 Å². The van der Waals surface area contributed by atoms with Crippen molar-refractivity contribution >= 4 is 34.8 Å². The second kappa shape index (κ2) is 7.52. The van der Waals surface area contributed by atoms with Gasteiger partial charge in [0, 0.05) is 17.4 Å². The van der Waals surface area contributed by atoms with Crippen LogP contribution in [-0.4, -0.2) is 0 Å². The Morgan fingerprint density at radius 1 is 0.864 bits per heavy atom. The van der Waals surface area contributed by atoms with Crippen LogP contribution >= 0.6 is 34.8 Å². The Morgan fingerprint density at radius 3 is 2.05 bits per heavy atom. The number of halogens is 3. The van der Waals surface area contributed by atoms with E-state index in [2.05, 4.69) is 12.1 Å². The van der Waals surface area contributed by atoms with Crippen LogP contribution in [0.4, 0.5) is 0 Å². The number of rotatable bonds is 4. The van der Waals surface area contributed by atoms with E-state index in [1.807, 2.05) is 12.1 Å². The van der Waals surface area contributed by atoms with Crippen molar-refractivity contribution in [2.75, 3.05) is 0 Å². The first-order chi connectivity index (χ1) is 10.6. The summed E-state index contributed by atoms with van der Waals surface area (Å²) in [5.41, 5.74) is 1.63. The van der Waals surface area contributed by atoms with Crippen molar-refractivity contribution in [1.29, 1.82) is 10.5 Å². The molecule has 0 aliphatic rings.